The van der Waals surface area contributed by atoms with Gasteiger partial charge in [0, 0.05) is 0 Å². The fraction of sp³-hybridized carbons (Fsp3) is 0.727. The molecule has 2 amide bonds. The van der Waals surface area contributed by atoms with E-state index in [0.717, 1.165) is 0 Å². The van der Waals surface area contributed by atoms with Gasteiger partial charge in [-0.25, -0.2) is 9.38 Å². The molecule has 0 aromatic carbocycles. The summed E-state index contributed by atoms with van der Waals surface area (Å²) in [4.78, 5) is 23.6. The molecule has 0 aromatic heterocycles. The molecule has 0 aliphatic carbocycles. The van der Waals surface area contributed by atoms with Crippen LogP contribution in [0.3, 0.4) is 0 Å². The molecule has 1 heterocycles. The Bertz CT molecular complexity index is 856. The Balaban J connectivity index is 3.73. The van der Waals surface area contributed by atoms with E-state index >= 15 is 0 Å². The maximum Gasteiger partial charge on any atom is 0.460 e. The number of aliphatic imine (C=N–C) groups is 1. The Morgan fingerprint density at radius 1 is 0.794 bits per heavy atom. The van der Waals surface area contributed by atoms with E-state index in [0.29, 0.717) is 5.32 Å². The highest BCUT2D eigenvalue weighted by atomic mass is 32.2. The van der Waals surface area contributed by atoms with E-state index in [1.807, 2.05) is 0 Å². The lowest BCUT2D eigenvalue weighted by Crippen LogP contribution is -2.71. The number of hydrogen-bond acceptors (Lipinski definition) is 4. The van der Waals surface area contributed by atoms with Gasteiger partial charge < -0.3 is 10.6 Å². The highest BCUT2D eigenvalue weighted by Crippen LogP contribution is 2.51. The summed E-state index contributed by atoms with van der Waals surface area (Å²) < 4.78 is 219. The molecule has 0 aromatic rings. The monoisotopic (exact) mass is 563 g/mol. The predicted octanol–water partition coefficient (Wildman–Crippen LogP) is 4.20. The Labute approximate surface area is 177 Å². The summed E-state index contributed by atoms with van der Waals surface area (Å²) in [6, 6.07) is 0. The van der Waals surface area contributed by atoms with Crippen molar-refractivity contribution in [2.75, 3.05) is 0 Å². The van der Waals surface area contributed by atoms with Crippen molar-refractivity contribution in [1.82, 2.24) is 10.6 Å². The molecule has 198 valence electrons. The largest absolute Gasteiger partial charge is 0.460 e. The number of carbonyl (C=O) groups excluding carboxylic acids is 2. The summed E-state index contributed by atoms with van der Waals surface area (Å²) in [6.07, 6.45) is -28.4. The molecule has 0 spiro atoms. The summed E-state index contributed by atoms with van der Waals surface area (Å²) >= 11 is -1.84. The summed E-state index contributed by atoms with van der Waals surface area (Å²) in [5, 5.41) is -8.43. The molecule has 1 rings (SSSR count). The predicted molar refractivity (Wildman–Crippen MR) is 72.0 cm³/mol. The van der Waals surface area contributed by atoms with E-state index in [-0.39, 0.29) is 0 Å². The minimum Gasteiger partial charge on any atom is -0.311 e. The smallest absolute Gasteiger partial charge is 0.311 e. The SMILES string of the molecule is O=C(NC(N=C1NC(=O)C(F)(C(F)(F)F)S1)(C(F)(F)F)C(F)(F)F)C(F)(F)C(F)(F)C(F)(F)F. The van der Waals surface area contributed by atoms with E-state index in [1.165, 1.54) is 4.99 Å². The molecule has 5 nitrogen and oxygen atoms in total. The average Bonchev–Trinajstić information content (AvgIpc) is 2.85. The topological polar surface area (TPSA) is 70.6 Å². The van der Waals surface area contributed by atoms with Crippen LogP contribution in [0.1, 0.15) is 0 Å². The zero-order chi connectivity index (χ0) is 27.6. The fourth-order valence-electron chi connectivity index (χ4n) is 1.79. The maximum absolute atomic E-state index is 13.7. The maximum atomic E-state index is 13.7. The third-order valence-corrected chi connectivity index (χ3v) is 4.62. The van der Waals surface area contributed by atoms with Gasteiger partial charge in [-0.05, 0) is 11.8 Å². The number of nitrogens with one attached hydrogen (secondary N) is 2. The van der Waals surface area contributed by atoms with Crippen molar-refractivity contribution in [1.29, 1.82) is 0 Å². The van der Waals surface area contributed by atoms with Gasteiger partial charge in [-0.1, -0.05) is 0 Å². The van der Waals surface area contributed by atoms with Crippen LogP contribution in [0.2, 0.25) is 0 Å². The van der Waals surface area contributed by atoms with Gasteiger partial charge in [-0.3, -0.25) is 9.59 Å². The Kier molecular flexibility index (Phi) is 6.92. The number of halogens is 17. The molecule has 34 heavy (non-hydrogen) atoms. The van der Waals surface area contributed by atoms with Gasteiger partial charge in [0.25, 0.3) is 11.8 Å². The molecule has 2 N–H and O–H groups in total. The lowest BCUT2D eigenvalue weighted by atomic mass is 10.1. The van der Waals surface area contributed by atoms with E-state index in [2.05, 4.69) is 0 Å². The van der Waals surface area contributed by atoms with E-state index in [9.17, 15) is 84.2 Å². The van der Waals surface area contributed by atoms with Gasteiger partial charge in [-0.15, -0.1) is 0 Å². The normalized spacial score (nSPS) is 22.7. The van der Waals surface area contributed by atoms with Gasteiger partial charge in [0.2, 0.25) is 0 Å². The lowest BCUT2D eigenvalue weighted by molar-refractivity contribution is -0.347. The summed E-state index contributed by atoms with van der Waals surface area (Å²) in [7, 11) is 0. The first-order chi connectivity index (χ1) is 14.6. The Hall–Kier alpha value is -2.23. The van der Waals surface area contributed by atoms with Crippen LogP contribution >= 0.6 is 11.8 Å². The molecule has 0 radical (unpaired) electrons. The minimum absolute atomic E-state index is 0.429. The van der Waals surface area contributed by atoms with Gasteiger partial charge in [0.15, 0.2) is 5.17 Å². The number of amidine groups is 1. The number of hydrogen-bond donors (Lipinski definition) is 2. The van der Waals surface area contributed by atoms with Crippen molar-refractivity contribution in [3.63, 3.8) is 0 Å². The van der Waals surface area contributed by atoms with Crippen molar-refractivity contribution in [2.24, 2.45) is 4.99 Å². The molecular formula is C11H2F17N3O2S. The van der Waals surface area contributed by atoms with Crippen molar-refractivity contribution >= 4 is 28.7 Å². The second-order valence-electron chi connectivity index (χ2n) is 5.87. The number of thioether (sulfide) groups is 1. The second-order valence-corrected chi connectivity index (χ2v) is 7.03. The highest BCUT2D eigenvalue weighted by Gasteiger charge is 2.80. The third-order valence-electron chi connectivity index (χ3n) is 3.53. The summed E-state index contributed by atoms with van der Waals surface area (Å²) in [6.45, 7) is 0. The molecule has 1 aliphatic rings. The first-order valence-corrected chi connectivity index (χ1v) is 8.04. The Morgan fingerprint density at radius 3 is 1.50 bits per heavy atom. The van der Waals surface area contributed by atoms with Crippen LogP contribution in [0.5, 0.6) is 0 Å². The number of rotatable bonds is 4. The number of nitrogens with zero attached hydrogens (tertiary/aromatic N) is 1. The molecule has 0 saturated carbocycles. The van der Waals surface area contributed by atoms with Gasteiger partial charge >= 0.3 is 47.2 Å². The third kappa shape index (κ3) is 4.53. The Morgan fingerprint density at radius 2 is 1.21 bits per heavy atom. The van der Waals surface area contributed by atoms with Crippen molar-refractivity contribution < 1.29 is 84.2 Å². The second kappa shape index (κ2) is 7.90. The van der Waals surface area contributed by atoms with Gasteiger partial charge in [0.05, 0.1) is 0 Å². The molecule has 1 aliphatic heterocycles. The first-order valence-electron chi connectivity index (χ1n) is 7.23. The van der Waals surface area contributed by atoms with Crippen LogP contribution in [0, 0.1) is 0 Å². The van der Waals surface area contributed by atoms with E-state index in [4.69, 9.17) is 0 Å². The fourth-order valence-corrected chi connectivity index (χ4v) is 2.65. The van der Waals surface area contributed by atoms with Crippen molar-refractivity contribution in [3.8, 4) is 0 Å². The lowest BCUT2D eigenvalue weighted by Gasteiger charge is -2.36. The summed E-state index contributed by atoms with van der Waals surface area (Å²) in [5.74, 6) is -22.5. The molecule has 23 heteroatoms. The molecule has 1 atom stereocenters. The summed E-state index contributed by atoms with van der Waals surface area (Å²) in [5.41, 5.74) is -6.67. The number of amides is 2. The van der Waals surface area contributed by atoms with E-state index in [1.54, 1.807) is 0 Å². The molecule has 1 fully saturated rings. The number of carbonyl (C=O) groups is 2. The quantitative estimate of drug-likeness (QED) is 0.505. The molecule has 0 bridgehead atoms. The van der Waals surface area contributed by atoms with Crippen molar-refractivity contribution in [3.05, 3.63) is 0 Å². The van der Waals surface area contributed by atoms with Crippen LogP contribution in [0.25, 0.3) is 0 Å². The van der Waals surface area contributed by atoms with E-state index < -0.39 is 81.3 Å². The van der Waals surface area contributed by atoms with Crippen LogP contribution in [-0.4, -0.2) is 64.2 Å². The van der Waals surface area contributed by atoms with Crippen LogP contribution in [0.4, 0.5) is 74.6 Å². The van der Waals surface area contributed by atoms with Crippen LogP contribution in [0.15, 0.2) is 4.99 Å². The highest BCUT2D eigenvalue weighted by molar-refractivity contribution is 8.16. The molecular weight excluding hydrogens is 561 g/mol. The average molecular weight is 563 g/mol. The van der Waals surface area contributed by atoms with Crippen molar-refractivity contribution in [2.45, 2.75) is 47.2 Å². The minimum atomic E-state index is -7.57. The number of alkyl halides is 17. The standard InChI is InChI=1S/C11H2F17N3O2S/c12-4(13,6(15,16)9(20,21)22)1(32)30-7(10(23,24)25,11(26,27)28)31-3-29-2(33)5(14,34-3)8(17,18)19/h(H,30,32)(H,29,31,33). The zero-order valence-electron chi connectivity index (χ0n) is 14.6. The van der Waals surface area contributed by atoms with Gasteiger partial charge in [0.1, 0.15) is 0 Å². The first kappa shape index (κ1) is 29.8. The molecule has 1 saturated heterocycles. The molecule has 1 unspecified atom stereocenters. The zero-order valence-corrected chi connectivity index (χ0v) is 15.4. The van der Waals surface area contributed by atoms with Crippen LogP contribution < -0.4 is 10.6 Å². The van der Waals surface area contributed by atoms with Gasteiger partial charge in [-0.2, -0.15) is 70.2 Å². The van der Waals surface area contributed by atoms with Crippen LogP contribution in [-0.2, 0) is 9.59 Å².